The maximum absolute atomic E-state index is 14.2. The number of ether oxygens (including phenoxy) is 2. The Kier molecular flexibility index (Phi) is 11.1. The number of aromatic amines is 1. The van der Waals surface area contributed by atoms with Crippen molar-refractivity contribution in [3.63, 3.8) is 0 Å². The molecule has 0 radical (unpaired) electrons. The molecule has 15 heteroatoms. The number of nitrogens with zero attached hydrogens (tertiary/aromatic N) is 5. The molecule has 1 saturated heterocycles. The predicted molar refractivity (Wildman–Crippen MR) is 197 cm³/mol. The monoisotopic (exact) mass is 728 g/mol. The number of thiophene rings is 1. The molecule has 52 heavy (non-hydrogen) atoms. The van der Waals surface area contributed by atoms with Gasteiger partial charge >= 0.3 is 0 Å². The van der Waals surface area contributed by atoms with Crippen molar-refractivity contribution in [3.8, 4) is 22.1 Å². The lowest BCUT2D eigenvalue weighted by molar-refractivity contribution is -0.140. The smallest absolute Gasteiger partial charge is 0.274 e. The van der Waals surface area contributed by atoms with Crippen molar-refractivity contribution in [2.45, 2.75) is 45.9 Å². The number of fused-ring (bicyclic) bond motifs is 2. The van der Waals surface area contributed by atoms with Crippen LogP contribution in [-0.2, 0) is 9.59 Å². The van der Waals surface area contributed by atoms with E-state index in [1.54, 1.807) is 47.6 Å². The highest BCUT2D eigenvalue weighted by Crippen LogP contribution is 2.31. The highest BCUT2D eigenvalue weighted by molar-refractivity contribution is 7.15. The van der Waals surface area contributed by atoms with E-state index in [4.69, 9.17) is 9.47 Å². The molecule has 3 N–H and O–H groups in total. The second-order valence-corrected chi connectivity index (χ2v) is 14.6. The van der Waals surface area contributed by atoms with Gasteiger partial charge in [0.2, 0.25) is 5.91 Å². The number of piperazine rings is 1. The standard InChI is InChI=1S/C37H44N8O6S/c1-22(2)28-20-45(36(48)27-19-26(41-42-27)31-12-9-23(3)52-31)21-33(46)39-24(4)34(51-30-18-25(35(47)40-28)10-11-29(30)50-5)37(49)44-16-14-43(15-17-44)32-8-6-7-13-38-32/h6-13,18-19,22,24,28,34H,14-17,20-21H2,1-5H3,(H,39,46)(H,40,47)(H,41,42)/t24-,28+,34+/m0/s1. The Morgan fingerprint density at radius 3 is 2.46 bits per heavy atom. The lowest BCUT2D eigenvalue weighted by Gasteiger charge is -2.38. The molecule has 5 heterocycles. The Labute approximate surface area is 306 Å². The molecule has 0 aliphatic carbocycles. The average molecular weight is 729 g/mol. The fourth-order valence-corrected chi connectivity index (χ4v) is 7.10. The summed E-state index contributed by atoms with van der Waals surface area (Å²) in [4.78, 5) is 67.4. The number of pyridine rings is 1. The van der Waals surface area contributed by atoms with Gasteiger partial charge in [0.1, 0.15) is 5.82 Å². The van der Waals surface area contributed by atoms with Crippen LogP contribution in [0.15, 0.2) is 60.8 Å². The molecule has 6 rings (SSSR count). The number of amides is 4. The Hall–Kier alpha value is -5.44. The summed E-state index contributed by atoms with van der Waals surface area (Å²) in [5.74, 6) is -0.483. The van der Waals surface area contributed by atoms with Gasteiger partial charge in [0.25, 0.3) is 17.7 Å². The highest BCUT2D eigenvalue weighted by Gasteiger charge is 2.36. The van der Waals surface area contributed by atoms with Crippen LogP contribution in [0.5, 0.6) is 11.5 Å². The number of H-pyrrole nitrogens is 1. The molecule has 1 aromatic carbocycles. The molecule has 2 bridgehead atoms. The molecular weight excluding hydrogens is 685 g/mol. The first-order valence-electron chi connectivity index (χ1n) is 17.3. The number of rotatable bonds is 6. The summed E-state index contributed by atoms with van der Waals surface area (Å²) in [6.45, 7) is 9.17. The molecule has 0 saturated carbocycles. The first kappa shape index (κ1) is 36.4. The third kappa shape index (κ3) is 8.20. The molecule has 1 fully saturated rings. The number of aromatic nitrogens is 3. The van der Waals surface area contributed by atoms with Crippen LogP contribution < -0.4 is 25.0 Å². The minimum Gasteiger partial charge on any atom is -0.493 e. The van der Waals surface area contributed by atoms with Crippen LogP contribution in [0.4, 0.5) is 5.82 Å². The predicted octanol–water partition coefficient (Wildman–Crippen LogP) is 3.36. The van der Waals surface area contributed by atoms with Gasteiger partial charge in [0.15, 0.2) is 23.3 Å². The number of nitrogens with one attached hydrogen (secondary N) is 3. The van der Waals surface area contributed by atoms with Gasteiger partial charge in [0.05, 0.1) is 30.3 Å². The Morgan fingerprint density at radius 1 is 1.00 bits per heavy atom. The zero-order valence-corrected chi connectivity index (χ0v) is 30.7. The number of carbonyl (C=O) groups is 4. The van der Waals surface area contributed by atoms with E-state index < -0.39 is 35.9 Å². The Bertz CT molecular complexity index is 1900. The van der Waals surface area contributed by atoms with Gasteiger partial charge in [-0.2, -0.15) is 5.10 Å². The molecule has 0 spiro atoms. The molecule has 2 aliphatic heterocycles. The normalized spacial score (nSPS) is 20.1. The van der Waals surface area contributed by atoms with E-state index in [-0.39, 0.29) is 41.9 Å². The van der Waals surface area contributed by atoms with Gasteiger partial charge in [-0.15, -0.1) is 11.3 Å². The van der Waals surface area contributed by atoms with E-state index in [1.807, 2.05) is 51.1 Å². The van der Waals surface area contributed by atoms with Crippen molar-refractivity contribution in [2.24, 2.45) is 5.92 Å². The SMILES string of the molecule is COc1ccc2cc1O[C@@H](C(=O)N1CCN(c3ccccn3)CC1)[C@H](C)NC(=O)CN(C(=O)c1cc(-c3ccc(C)s3)[nH]n1)C[C@H](C(C)C)NC2=O. The maximum atomic E-state index is 14.2. The van der Waals surface area contributed by atoms with Gasteiger partial charge in [0, 0.05) is 55.4 Å². The lowest BCUT2D eigenvalue weighted by atomic mass is 10.0. The van der Waals surface area contributed by atoms with Gasteiger partial charge in [-0.3, -0.25) is 24.3 Å². The molecule has 4 amide bonds. The number of aryl methyl sites for hydroxylation is 1. The van der Waals surface area contributed by atoms with Crippen LogP contribution in [0, 0.1) is 12.8 Å². The van der Waals surface area contributed by atoms with E-state index in [1.165, 1.54) is 18.1 Å². The highest BCUT2D eigenvalue weighted by atomic mass is 32.1. The van der Waals surface area contributed by atoms with Crippen LogP contribution in [0.1, 0.15) is 46.5 Å². The number of hydrogen-bond donors (Lipinski definition) is 3. The fraction of sp³-hybridized carbons (Fsp3) is 0.405. The summed E-state index contributed by atoms with van der Waals surface area (Å²) >= 11 is 1.57. The minimum absolute atomic E-state index is 0.0345. The van der Waals surface area contributed by atoms with Crippen molar-refractivity contribution in [1.82, 2.24) is 35.6 Å². The second-order valence-electron chi connectivity index (χ2n) is 13.3. The van der Waals surface area contributed by atoms with Crippen molar-refractivity contribution < 1.29 is 28.7 Å². The Balaban J connectivity index is 1.29. The topological polar surface area (TPSA) is 162 Å². The molecule has 274 valence electrons. The zero-order valence-electron chi connectivity index (χ0n) is 29.9. The summed E-state index contributed by atoms with van der Waals surface area (Å²) in [6, 6.07) is 14.7. The van der Waals surface area contributed by atoms with Gasteiger partial charge in [-0.05, 0) is 68.3 Å². The fourth-order valence-electron chi connectivity index (χ4n) is 6.27. The number of anilines is 1. The molecular formula is C37H44N8O6S. The van der Waals surface area contributed by atoms with Gasteiger partial charge in [-0.1, -0.05) is 19.9 Å². The summed E-state index contributed by atoms with van der Waals surface area (Å²) in [5, 5.41) is 13.2. The summed E-state index contributed by atoms with van der Waals surface area (Å²) < 4.78 is 12.0. The van der Waals surface area contributed by atoms with Crippen molar-refractivity contribution in [3.05, 3.63) is 76.9 Å². The first-order valence-corrected chi connectivity index (χ1v) is 18.1. The Morgan fingerprint density at radius 2 is 1.79 bits per heavy atom. The van der Waals surface area contributed by atoms with E-state index in [0.717, 1.165) is 15.6 Å². The van der Waals surface area contributed by atoms with Crippen molar-refractivity contribution >= 4 is 40.8 Å². The van der Waals surface area contributed by atoms with Crippen LogP contribution in [0.25, 0.3) is 10.6 Å². The number of benzene rings is 1. The van der Waals surface area contributed by atoms with Crippen molar-refractivity contribution in [2.75, 3.05) is 51.3 Å². The molecule has 2 aliphatic rings. The zero-order chi connectivity index (χ0) is 36.9. The number of methoxy groups -OCH3 is 1. The summed E-state index contributed by atoms with van der Waals surface area (Å²) in [6.07, 6.45) is 0.550. The first-order chi connectivity index (χ1) is 25.0. The summed E-state index contributed by atoms with van der Waals surface area (Å²) in [5.41, 5.74) is 1.11. The molecule has 3 atom stereocenters. The maximum Gasteiger partial charge on any atom is 0.274 e. The van der Waals surface area contributed by atoms with E-state index in [2.05, 4.69) is 30.7 Å². The van der Waals surface area contributed by atoms with E-state index >= 15 is 0 Å². The molecule has 0 unspecified atom stereocenters. The largest absolute Gasteiger partial charge is 0.493 e. The minimum atomic E-state index is -1.18. The van der Waals surface area contributed by atoms with E-state index in [0.29, 0.717) is 37.6 Å². The van der Waals surface area contributed by atoms with Crippen LogP contribution in [-0.4, -0.2) is 113 Å². The number of hydrogen-bond acceptors (Lipinski definition) is 10. The average Bonchev–Trinajstić information content (AvgIpc) is 3.82. The van der Waals surface area contributed by atoms with Crippen molar-refractivity contribution in [1.29, 1.82) is 0 Å². The van der Waals surface area contributed by atoms with Crippen LogP contribution in [0.3, 0.4) is 0 Å². The lowest BCUT2D eigenvalue weighted by Crippen LogP contribution is -2.58. The van der Waals surface area contributed by atoms with Gasteiger partial charge < -0.3 is 34.8 Å². The van der Waals surface area contributed by atoms with Crippen LogP contribution in [0.2, 0.25) is 0 Å². The number of carbonyl (C=O) groups excluding carboxylic acids is 4. The van der Waals surface area contributed by atoms with Crippen LogP contribution >= 0.6 is 11.3 Å². The molecule has 4 aromatic rings. The summed E-state index contributed by atoms with van der Waals surface area (Å²) in [7, 11) is 1.48. The van der Waals surface area contributed by atoms with Gasteiger partial charge in [-0.25, -0.2) is 4.98 Å². The second kappa shape index (κ2) is 15.8. The third-order valence-electron chi connectivity index (χ3n) is 9.29. The third-order valence-corrected chi connectivity index (χ3v) is 10.3. The van der Waals surface area contributed by atoms with E-state index in [9.17, 15) is 19.2 Å². The molecule has 14 nitrogen and oxygen atoms in total. The quantitative estimate of drug-likeness (QED) is 0.270. The molecule has 3 aromatic heterocycles.